The van der Waals surface area contributed by atoms with Gasteiger partial charge in [-0.25, -0.2) is 4.98 Å². The fourth-order valence-corrected chi connectivity index (χ4v) is 1.43. The summed E-state index contributed by atoms with van der Waals surface area (Å²) in [4.78, 5) is 4.07. The van der Waals surface area contributed by atoms with Crippen LogP contribution in [-0.4, -0.2) is 14.1 Å². The zero-order chi connectivity index (χ0) is 9.97. The van der Waals surface area contributed by atoms with Crippen molar-refractivity contribution in [1.82, 2.24) is 14.1 Å². The maximum Gasteiger partial charge on any atom is 0.0946 e. The Labute approximate surface area is 83.0 Å². The molecule has 14 heavy (non-hydrogen) atoms. The second-order valence-corrected chi connectivity index (χ2v) is 3.39. The van der Waals surface area contributed by atoms with Gasteiger partial charge in [0.2, 0.25) is 0 Å². The minimum Gasteiger partial charge on any atom is -0.348 e. The molecule has 0 amide bonds. The standard InChI is InChI=1S/C10H14N4/c1-13-8-12-5-10(13)7-14-3-2-9(4-11)6-14/h2-3,5-6,8H,4,7,11H2,1H3. The molecule has 2 aromatic rings. The Morgan fingerprint density at radius 3 is 2.93 bits per heavy atom. The van der Waals surface area contributed by atoms with Crippen LogP contribution in [0.4, 0.5) is 0 Å². The van der Waals surface area contributed by atoms with Crippen molar-refractivity contribution < 1.29 is 0 Å². The topological polar surface area (TPSA) is 48.8 Å². The molecule has 74 valence electrons. The highest BCUT2D eigenvalue weighted by molar-refractivity contribution is 5.11. The minimum absolute atomic E-state index is 0.596. The molecule has 0 aromatic carbocycles. The molecule has 2 heterocycles. The van der Waals surface area contributed by atoms with E-state index in [0.717, 1.165) is 12.1 Å². The SMILES string of the molecule is Cn1cncc1Cn1ccc(CN)c1. The monoisotopic (exact) mass is 190 g/mol. The van der Waals surface area contributed by atoms with Crippen molar-refractivity contribution >= 4 is 0 Å². The molecule has 0 radical (unpaired) electrons. The Hall–Kier alpha value is -1.55. The van der Waals surface area contributed by atoms with Gasteiger partial charge in [0.1, 0.15) is 0 Å². The second kappa shape index (κ2) is 3.67. The first-order valence-corrected chi connectivity index (χ1v) is 4.59. The highest BCUT2D eigenvalue weighted by atomic mass is 15.1. The van der Waals surface area contributed by atoms with Crippen LogP contribution < -0.4 is 5.73 Å². The lowest BCUT2D eigenvalue weighted by atomic mass is 10.3. The largest absolute Gasteiger partial charge is 0.348 e. The smallest absolute Gasteiger partial charge is 0.0946 e. The van der Waals surface area contributed by atoms with Crippen molar-refractivity contribution in [2.45, 2.75) is 13.1 Å². The van der Waals surface area contributed by atoms with Crippen LogP contribution in [0.15, 0.2) is 31.0 Å². The molecule has 0 saturated heterocycles. The summed E-state index contributed by atoms with van der Waals surface area (Å²) in [6.45, 7) is 1.44. The first kappa shape index (κ1) is 9.02. The number of hydrogen-bond donors (Lipinski definition) is 1. The van der Waals surface area contributed by atoms with Crippen molar-refractivity contribution in [2.24, 2.45) is 12.8 Å². The predicted octanol–water partition coefficient (Wildman–Crippen LogP) is 0.729. The van der Waals surface area contributed by atoms with Crippen LogP contribution in [0.1, 0.15) is 11.3 Å². The summed E-state index contributed by atoms with van der Waals surface area (Å²) >= 11 is 0. The normalized spacial score (nSPS) is 10.7. The Morgan fingerprint density at radius 1 is 1.50 bits per heavy atom. The summed E-state index contributed by atoms with van der Waals surface area (Å²) in [5.74, 6) is 0. The van der Waals surface area contributed by atoms with Gasteiger partial charge in [-0.1, -0.05) is 0 Å². The fraction of sp³-hybridized carbons (Fsp3) is 0.300. The van der Waals surface area contributed by atoms with E-state index in [9.17, 15) is 0 Å². The molecule has 0 spiro atoms. The Balaban J connectivity index is 2.15. The first-order chi connectivity index (χ1) is 6.79. The molecular weight excluding hydrogens is 176 g/mol. The van der Waals surface area contributed by atoms with Crippen molar-refractivity contribution in [1.29, 1.82) is 0 Å². The number of hydrogen-bond acceptors (Lipinski definition) is 2. The van der Waals surface area contributed by atoms with Gasteiger partial charge in [-0.15, -0.1) is 0 Å². The Morgan fingerprint density at radius 2 is 2.36 bits per heavy atom. The predicted molar refractivity (Wildman–Crippen MR) is 54.6 cm³/mol. The van der Waals surface area contributed by atoms with E-state index in [1.807, 2.05) is 36.4 Å². The number of aryl methyl sites for hydroxylation is 1. The van der Waals surface area contributed by atoms with Gasteiger partial charge in [0.15, 0.2) is 0 Å². The van der Waals surface area contributed by atoms with Crippen LogP contribution in [0.2, 0.25) is 0 Å². The van der Waals surface area contributed by atoms with Crippen molar-refractivity contribution in [3.05, 3.63) is 42.2 Å². The molecule has 0 saturated carbocycles. The number of nitrogens with zero attached hydrogens (tertiary/aromatic N) is 3. The van der Waals surface area contributed by atoms with Gasteiger partial charge in [0.05, 0.1) is 18.6 Å². The fourth-order valence-electron chi connectivity index (χ4n) is 1.43. The van der Waals surface area contributed by atoms with Crippen molar-refractivity contribution in [2.75, 3.05) is 0 Å². The molecule has 0 atom stereocenters. The lowest BCUT2D eigenvalue weighted by Crippen LogP contribution is -2.02. The summed E-state index contributed by atoms with van der Waals surface area (Å²) in [6, 6.07) is 2.04. The van der Waals surface area contributed by atoms with Gasteiger partial charge < -0.3 is 14.9 Å². The van der Waals surface area contributed by atoms with Gasteiger partial charge >= 0.3 is 0 Å². The van der Waals surface area contributed by atoms with Gasteiger partial charge in [0, 0.05) is 32.2 Å². The molecule has 0 unspecified atom stereocenters. The molecule has 0 aliphatic rings. The molecule has 4 heteroatoms. The molecule has 0 bridgehead atoms. The summed E-state index contributed by atoms with van der Waals surface area (Å²) < 4.78 is 4.13. The van der Waals surface area contributed by atoms with Crippen LogP contribution in [0, 0.1) is 0 Å². The van der Waals surface area contributed by atoms with E-state index < -0.39 is 0 Å². The minimum atomic E-state index is 0.596. The van der Waals surface area contributed by atoms with Gasteiger partial charge in [0.25, 0.3) is 0 Å². The van der Waals surface area contributed by atoms with E-state index in [2.05, 4.69) is 15.7 Å². The van der Waals surface area contributed by atoms with E-state index in [1.165, 1.54) is 5.69 Å². The number of imidazole rings is 1. The molecule has 2 rings (SSSR count). The third-order valence-corrected chi connectivity index (χ3v) is 2.31. The van der Waals surface area contributed by atoms with Crippen LogP contribution in [0.5, 0.6) is 0 Å². The summed E-state index contributed by atoms with van der Waals surface area (Å²) in [7, 11) is 2.00. The number of aromatic nitrogens is 3. The average molecular weight is 190 g/mol. The number of rotatable bonds is 3. The third kappa shape index (κ3) is 1.70. The molecule has 0 aliphatic heterocycles. The zero-order valence-corrected chi connectivity index (χ0v) is 8.22. The van der Waals surface area contributed by atoms with E-state index in [1.54, 1.807) is 0 Å². The summed E-state index contributed by atoms with van der Waals surface area (Å²) in [5, 5.41) is 0. The van der Waals surface area contributed by atoms with Crippen molar-refractivity contribution in [3.63, 3.8) is 0 Å². The van der Waals surface area contributed by atoms with E-state index in [-0.39, 0.29) is 0 Å². The summed E-state index contributed by atoms with van der Waals surface area (Å²) in [6.07, 6.45) is 7.78. The first-order valence-electron chi connectivity index (χ1n) is 4.59. The molecule has 0 fully saturated rings. The zero-order valence-electron chi connectivity index (χ0n) is 8.22. The molecule has 0 aliphatic carbocycles. The van der Waals surface area contributed by atoms with E-state index >= 15 is 0 Å². The van der Waals surface area contributed by atoms with Crippen LogP contribution in [0.25, 0.3) is 0 Å². The molecular formula is C10H14N4. The highest BCUT2D eigenvalue weighted by Gasteiger charge is 1.99. The Bertz CT molecular complexity index is 413. The maximum atomic E-state index is 5.54. The van der Waals surface area contributed by atoms with Crippen molar-refractivity contribution in [3.8, 4) is 0 Å². The number of nitrogens with two attached hydrogens (primary N) is 1. The third-order valence-electron chi connectivity index (χ3n) is 2.31. The maximum absolute atomic E-state index is 5.54. The van der Waals surface area contributed by atoms with Gasteiger partial charge in [-0.3, -0.25) is 0 Å². The molecule has 4 nitrogen and oxygen atoms in total. The van der Waals surface area contributed by atoms with Gasteiger partial charge in [-0.05, 0) is 11.6 Å². The van der Waals surface area contributed by atoms with Crippen LogP contribution >= 0.6 is 0 Å². The van der Waals surface area contributed by atoms with Crippen LogP contribution in [-0.2, 0) is 20.1 Å². The second-order valence-electron chi connectivity index (χ2n) is 3.39. The van der Waals surface area contributed by atoms with E-state index in [0.29, 0.717) is 6.54 Å². The Kier molecular flexibility index (Phi) is 2.37. The molecule has 2 N–H and O–H groups in total. The van der Waals surface area contributed by atoms with Gasteiger partial charge in [-0.2, -0.15) is 0 Å². The van der Waals surface area contributed by atoms with E-state index in [4.69, 9.17) is 5.73 Å². The summed E-state index contributed by atoms with van der Waals surface area (Å²) in [5.41, 5.74) is 7.88. The average Bonchev–Trinajstić information content (AvgIpc) is 2.77. The quantitative estimate of drug-likeness (QED) is 0.775. The molecule has 2 aromatic heterocycles. The van der Waals surface area contributed by atoms with Crippen LogP contribution in [0.3, 0.4) is 0 Å². The lowest BCUT2D eigenvalue weighted by molar-refractivity contribution is 0.725. The highest BCUT2D eigenvalue weighted by Crippen LogP contribution is 2.04. The lowest BCUT2D eigenvalue weighted by Gasteiger charge is -2.03.